The molecular formula is C26H31N3O4. The van der Waals surface area contributed by atoms with Gasteiger partial charge in [-0.15, -0.1) is 0 Å². The quantitative estimate of drug-likeness (QED) is 0.307. The predicted octanol–water partition coefficient (Wildman–Crippen LogP) is 3.64. The van der Waals surface area contributed by atoms with Gasteiger partial charge in [0, 0.05) is 5.56 Å². The Hall–Kier alpha value is -3.35. The molecule has 7 heteroatoms. The van der Waals surface area contributed by atoms with E-state index in [1.807, 2.05) is 48.5 Å². The van der Waals surface area contributed by atoms with Gasteiger partial charge in [-0.1, -0.05) is 49.2 Å². The van der Waals surface area contributed by atoms with Gasteiger partial charge in [-0.2, -0.15) is 0 Å². The summed E-state index contributed by atoms with van der Waals surface area (Å²) in [5.74, 6) is 0.510. The number of amidine groups is 1. The maximum Gasteiger partial charge on any atom is 0.306 e. The number of hydrogen-bond donors (Lipinski definition) is 3. The Morgan fingerprint density at radius 2 is 1.64 bits per heavy atom. The lowest BCUT2D eigenvalue weighted by Crippen LogP contribution is -2.31. The minimum absolute atomic E-state index is 0.0486. The third-order valence-electron chi connectivity index (χ3n) is 6.49. The van der Waals surface area contributed by atoms with E-state index in [4.69, 9.17) is 20.6 Å². The SMILES string of the molecule is N=C(N)c1ccc(-c2ccc(OC[C@@H]3C[C@@H](CC(=O)OCC4CCCC4)C(=O)N3)cc2)cc1. The molecule has 2 fully saturated rings. The van der Waals surface area contributed by atoms with Gasteiger partial charge in [0.05, 0.1) is 25.0 Å². The number of carbonyl (C=O) groups is 2. The number of carbonyl (C=O) groups excluding carboxylic acids is 2. The number of ether oxygens (including phenoxy) is 2. The van der Waals surface area contributed by atoms with Crippen LogP contribution in [-0.4, -0.2) is 37.0 Å². The number of nitrogens with one attached hydrogen (secondary N) is 2. The summed E-state index contributed by atoms with van der Waals surface area (Å²) in [5, 5.41) is 10.4. The van der Waals surface area contributed by atoms with Crippen molar-refractivity contribution in [2.75, 3.05) is 13.2 Å². The maximum absolute atomic E-state index is 12.3. The zero-order valence-electron chi connectivity index (χ0n) is 18.7. The molecule has 0 bridgehead atoms. The van der Waals surface area contributed by atoms with Crippen LogP contribution in [0.25, 0.3) is 11.1 Å². The molecule has 7 nitrogen and oxygen atoms in total. The molecule has 1 saturated heterocycles. The zero-order chi connectivity index (χ0) is 23.2. The third kappa shape index (κ3) is 6.12. The van der Waals surface area contributed by atoms with E-state index < -0.39 is 0 Å². The monoisotopic (exact) mass is 449 g/mol. The molecule has 33 heavy (non-hydrogen) atoms. The van der Waals surface area contributed by atoms with E-state index in [2.05, 4.69) is 5.32 Å². The van der Waals surface area contributed by atoms with Gasteiger partial charge in [-0.25, -0.2) is 0 Å². The molecule has 1 aliphatic heterocycles. The van der Waals surface area contributed by atoms with Gasteiger partial charge in [0.25, 0.3) is 0 Å². The Balaban J connectivity index is 1.22. The molecule has 4 N–H and O–H groups in total. The van der Waals surface area contributed by atoms with Gasteiger partial charge in [0.2, 0.25) is 5.91 Å². The first kappa shape index (κ1) is 22.8. The highest BCUT2D eigenvalue weighted by Gasteiger charge is 2.34. The molecule has 1 aliphatic carbocycles. The van der Waals surface area contributed by atoms with E-state index in [0.29, 0.717) is 36.9 Å². The van der Waals surface area contributed by atoms with Crippen LogP contribution < -0.4 is 15.8 Å². The van der Waals surface area contributed by atoms with Crippen LogP contribution in [0.2, 0.25) is 0 Å². The molecule has 2 aromatic carbocycles. The molecule has 1 saturated carbocycles. The van der Waals surface area contributed by atoms with Gasteiger partial charge >= 0.3 is 5.97 Å². The van der Waals surface area contributed by atoms with Gasteiger partial charge in [0.1, 0.15) is 18.2 Å². The van der Waals surface area contributed by atoms with E-state index in [0.717, 1.165) is 24.0 Å². The summed E-state index contributed by atoms with van der Waals surface area (Å²) in [7, 11) is 0. The lowest BCUT2D eigenvalue weighted by Gasteiger charge is -2.13. The van der Waals surface area contributed by atoms with Crippen molar-refractivity contribution >= 4 is 17.7 Å². The van der Waals surface area contributed by atoms with Gasteiger partial charge in [-0.3, -0.25) is 15.0 Å². The van der Waals surface area contributed by atoms with Crippen LogP contribution in [0, 0.1) is 17.2 Å². The van der Waals surface area contributed by atoms with Crippen molar-refractivity contribution < 1.29 is 19.1 Å². The normalized spacial score (nSPS) is 20.4. The van der Waals surface area contributed by atoms with Crippen molar-refractivity contribution in [1.29, 1.82) is 5.41 Å². The summed E-state index contributed by atoms with van der Waals surface area (Å²) in [5.41, 5.74) is 8.25. The fraction of sp³-hybridized carbons (Fsp3) is 0.423. The number of benzene rings is 2. The van der Waals surface area contributed by atoms with Crippen molar-refractivity contribution in [2.24, 2.45) is 17.6 Å². The Kier molecular flexibility index (Phi) is 7.27. The molecule has 1 heterocycles. The minimum Gasteiger partial charge on any atom is -0.491 e. The zero-order valence-corrected chi connectivity index (χ0v) is 18.7. The smallest absolute Gasteiger partial charge is 0.306 e. The minimum atomic E-state index is -0.352. The molecule has 2 aromatic rings. The first-order chi connectivity index (χ1) is 16.0. The Morgan fingerprint density at radius 3 is 2.27 bits per heavy atom. The summed E-state index contributed by atoms with van der Waals surface area (Å²) >= 11 is 0. The number of nitrogen functional groups attached to an aromatic ring is 1. The predicted molar refractivity (Wildman–Crippen MR) is 126 cm³/mol. The molecule has 1 amide bonds. The van der Waals surface area contributed by atoms with E-state index in [-0.39, 0.29) is 36.1 Å². The summed E-state index contributed by atoms with van der Waals surface area (Å²) in [6.07, 6.45) is 5.38. The first-order valence-corrected chi connectivity index (χ1v) is 11.6. The molecule has 4 rings (SSSR count). The molecule has 2 atom stereocenters. The van der Waals surface area contributed by atoms with E-state index in [1.54, 1.807) is 0 Å². The fourth-order valence-electron chi connectivity index (χ4n) is 4.54. The molecule has 0 aromatic heterocycles. The van der Waals surface area contributed by atoms with Crippen molar-refractivity contribution in [1.82, 2.24) is 5.32 Å². The van der Waals surface area contributed by atoms with Crippen LogP contribution >= 0.6 is 0 Å². The Morgan fingerprint density at radius 1 is 1.00 bits per heavy atom. The van der Waals surface area contributed by atoms with Crippen molar-refractivity contribution in [3.05, 3.63) is 54.1 Å². The Labute approximate surface area is 194 Å². The van der Waals surface area contributed by atoms with Crippen LogP contribution in [-0.2, 0) is 14.3 Å². The Bertz CT molecular complexity index is 982. The summed E-state index contributed by atoms with van der Waals surface area (Å²) < 4.78 is 11.3. The summed E-state index contributed by atoms with van der Waals surface area (Å²) in [6, 6.07) is 15.1. The molecule has 0 spiro atoms. The average molecular weight is 450 g/mol. The second-order valence-electron chi connectivity index (χ2n) is 9.00. The van der Waals surface area contributed by atoms with Crippen LogP contribution in [0.1, 0.15) is 44.1 Å². The van der Waals surface area contributed by atoms with Crippen LogP contribution in [0.3, 0.4) is 0 Å². The molecule has 0 unspecified atom stereocenters. The standard InChI is InChI=1S/C26H31N3O4/c27-25(28)20-7-5-18(6-8-20)19-9-11-23(12-10-19)32-16-22-13-21(26(31)29-22)14-24(30)33-15-17-3-1-2-4-17/h5-12,17,21-22H,1-4,13-16H2,(H3,27,28)(H,29,31)/t21-,22-/m0/s1. The second kappa shape index (κ2) is 10.5. The van der Waals surface area contributed by atoms with Crippen molar-refractivity contribution in [3.8, 4) is 16.9 Å². The number of nitrogens with two attached hydrogens (primary N) is 1. The lowest BCUT2D eigenvalue weighted by atomic mass is 10.0. The van der Waals surface area contributed by atoms with Crippen LogP contribution in [0.4, 0.5) is 0 Å². The molecule has 0 radical (unpaired) electrons. The van der Waals surface area contributed by atoms with Gasteiger partial charge < -0.3 is 20.5 Å². The van der Waals surface area contributed by atoms with Gasteiger partial charge in [-0.05, 0) is 48.4 Å². The maximum atomic E-state index is 12.3. The summed E-state index contributed by atoms with van der Waals surface area (Å²) in [6.45, 7) is 0.836. The fourth-order valence-corrected chi connectivity index (χ4v) is 4.54. The topological polar surface area (TPSA) is 115 Å². The highest BCUT2D eigenvalue weighted by atomic mass is 16.5. The summed E-state index contributed by atoms with van der Waals surface area (Å²) in [4.78, 5) is 24.4. The largest absolute Gasteiger partial charge is 0.491 e. The van der Waals surface area contributed by atoms with Crippen molar-refractivity contribution in [2.45, 2.75) is 44.6 Å². The molecule has 2 aliphatic rings. The number of amides is 1. The highest BCUT2D eigenvalue weighted by Crippen LogP contribution is 2.26. The average Bonchev–Trinajstić information content (AvgIpc) is 3.46. The number of esters is 1. The van der Waals surface area contributed by atoms with Crippen LogP contribution in [0.5, 0.6) is 5.75 Å². The molecule has 174 valence electrons. The third-order valence-corrected chi connectivity index (χ3v) is 6.49. The van der Waals surface area contributed by atoms with E-state index >= 15 is 0 Å². The lowest BCUT2D eigenvalue weighted by molar-refractivity contribution is -0.147. The van der Waals surface area contributed by atoms with Gasteiger partial charge in [0.15, 0.2) is 0 Å². The molecular weight excluding hydrogens is 418 g/mol. The number of hydrogen-bond acceptors (Lipinski definition) is 5. The highest BCUT2D eigenvalue weighted by molar-refractivity contribution is 5.95. The first-order valence-electron chi connectivity index (χ1n) is 11.6. The van der Waals surface area contributed by atoms with Crippen LogP contribution in [0.15, 0.2) is 48.5 Å². The van der Waals surface area contributed by atoms with E-state index in [9.17, 15) is 9.59 Å². The number of rotatable bonds is 9. The second-order valence-corrected chi connectivity index (χ2v) is 9.00. The van der Waals surface area contributed by atoms with E-state index in [1.165, 1.54) is 12.8 Å². The van der Waals surface area contributed by atoms with Crippen molar-refractivity contribution in [3.63, 3.8) is 0 Å².